The van der Waals surface area contributed by atoms with Gasteiger partial charge in [-0.05, 0) is 23.6 Å². The van der Waals surface area contributed by atoms with Gasteiger partial charge in [0.25, 0.3) is 0 Å². The number of pyridine rings is 1. The first-order valence-electron chi connectivity index (χ1n) is 6.11. The first-order chi connectivity index (χ1) is 10.2. The van der Waals surface area contributed by atoms with Crippen molar-refractivity contribution in [2.45, 2.75) is 0 Å². The van der Waals surface area contributed by atoms with Crippen LogP contribution in [0.2, 0.25) is 0 Å². The Morgan fingerprint density at radius 3 is 3.05 bits per heavy atom. The number of methoxy groups -OCH3 is 1. The monoisotopic (exact) mass is 300 g/mol. The molecule has 0 radical (unpaired) electrons. The number of carbonyl (C=O) groups excluding carboxylic acids is 1. The molecular formula is C14H12N4O2S. The summed E-state index contributed by atoms with van der Waals surface area (Å²) in [4.78, 5) is 20.5. The smallest absolute Gasteiger partial charge is 0.350 e. The van der Waals surface area contributed by atoms with Crippen LogP contribution in [-0.4, -0.2) is 27.6 Å². The highest BCUT2D eigenvalue weighted by molar-refractivity contribution is 7.12. The minimum absolute atomic E-state index is 0.367. The van der Waals surface area contributed by atoms with Gasteiger partial charge in [0.15, 0.2) is 0 Å². The standard InChI is InChI=1S/C14H12N4O2S/c1-20-14(19)13-10(3-5-21-13)18-8-16-7-11(18)9-2-4-17-12(15)6-9/h2-8H,1H3,(H2,15,17). The van der Waals surface area contributed by atoms with Crippen molar-refractivity contribution in [2.24, 2.45) is 0 Å². The summed E-state index contributed by atoms with van der Waals surface area (Å²) in [7, 11) is 1.37. The van der Waals surface area contributed by atoms with Gasteiger partial charge in [-0.1, -0.05) is 0 Å². The number of carbonyl (C=O) groups is 1. The average Bonchev–Trinajstić information content (AvgIpc) is 3.14. The molecule has 0 aliphatic rings. The third kappa shape index (κ3) is 2.38. The second-order valence-electron chi connectivity index (χ2n) is 4.24. The Kier molecular flexibility index (Phi) is 3.41. The summed E-state index contributed by atoms with van der Waals surface area (Å²) in [5.41, 5.74) is 8.15. The highest BCUT2D eigenvalue weighted by atomic mass is 32.1. The molecule has 3 aromatic heterocycles. The normalized spacial score (nSPS) is 10.5. The van der Waals surface area contributed by atoms with E-state index in [9.17, 15) is 4.79 Å². The molecule has 2 N–H and O–H groups in total. The van der Waals surface area contributed by atoms with Crippen molar-refractivity contribution < 1.29 is 9.53 Å². The lowest BCUT2D eigenvalue weighted by atomic mass is 10.2. The van der Waals surface area contributed by atoms with E-state index in [1.807, 2.05) is 22.1 Å². The van der Waals surface area contributed by atoms with Crippen molar-refractivity contribution in [2.75, 3.05) is 12.8 Å². The molecule has 0 aromatic carbocycles. The molecule has 0 aliphatic carbocycles. The first kappa shape index (κ1) is 13.3. The summed E-state index contributed by atoms with van der Waals surface area (Å²) in [6.07, 6.45) is 5.00. The van der Waals surface area contributed by atoms with Crippen molar-refractivity contribution in [1.82, 2.24) is 14.5 Å². The third-order valence-electron chi connectivity index (χ3n) is 2.99. The van der Waals surface area contributed by atoms with E-state index in [2.05, 4.69) is 9.97 Å². The number of nitrogens with two attached hydrogens (primary N) is 1. The Labute approximate surface area is 124 Å². The number of nitrogen functional groups attached to an aromatic ring is 1. The van der Waals surface area contributed by atoms with Crippen molar-refractivity contribution in [1.29, 1.82) is 0 Å². The van der Waals surface area contributed by atoms with Gasteiger partial charge in [-0.2, -0.15) is 0 Å². The second kappa shape index (κ2) is 5.37. The summed E-state index contributed by atoms with van der Waals surface area (Å²) in [6.45, 7) is 0. The number of anilines is 1. The molecule has 0 saturated heterocycles. The zero-order valence-corrected chi connectivity index (χ0v) is 12.0. The van der Waals surface area contributed by atoms with Crippen molar-refractivity contribution >= 4 is 23.1 Å². The Hall–Kier alpha value is -2.67. The van der Waals surface area contributed by atoms with Gasteiger partial charge < -0.3 is 10.5 Å². The second-order valence-corrected chi connectivity index (χ2v) is 5.16. The molecule has 0 atom stereocenters. The lowest BCUT2D eigenvalue weighted by Gasteiger charge is -2.08. The fourth-order valence-corrected chi connectivity index (χ4v) is 2.85. The number of aromatic nitrogens is 3. The lowest BCUT2D eigenvalue weighted by Crippen LogP contribution is -2.04. The number of hydrogen-bond acceptors (Lipinski definition) is 6. The molecule has 21 heavy (non-hydrogen) atoms. The van der Waals surface area contributed by atoms with Crippen LogP contribution in [0.5, 0.6) is 0 Å². The Balaban J connectivity index is 2.12. The van der Waals surface area contributed by atoms with Gasteiger partial charge in [0.1, 0.15) is 10.7 Å². The number of imidazole rings is 1. The van der Waals surface area contributed by atoms with Crippen LogP contribution in [0.4, 0.5) is 5.82 Å². The van der Waals surface area contributed by atoms with E-state index in [1.165, 1.54) is 18.4 Å². The van der Waals surface area contributed by atoms with Crippen molar-refractivity contribution in [3.8, 4) is 16.9 Å². The summed E-state index contributed by atoms with van der Waals surface area (Å²) < 4.78 is 6.64. The highest BCUT2D eigenvalue weighted by Crippen LogP contribution is 2.28. The largest absolute Gasteiger partial charge is 0.465 e. The van der Waals surface area contributed by atoms with E-state index in [4.69, 9.17) is 10.5 Å². The molecule has 3 aromatic rings. The van der Waals surface area contributed by atoms with Gasteiger partial charge in [-0.15, -0.1) is 11.3 Å². The van der Waals surface area contributed by atoms with Gasteiger partial charge in [0, 0.05) is 11.8 Å². The van der Waals surface area contributed by atoms with E-state index in [1.54, 1.807) is 24.8 Å². The molecule has 0 unspecified atom stereocenters. The minimum Gasteiger partial charge on any atom is -0.465 e. The SMILES string of the molecule is COC(=O)c1sccc1-n1cncc1-c1ccnc(N)c1. The number of hydrogen-bond donors (Lipinski definition) is 1. The van der Waals surface area contributed by atoms with Gasteiger partial charge in [0.2, 0.25) is 0 Å². The molecule has 0 aliphatic heterocycles. The topological polar surface area (TPSA) is 83.0 Å². The third-order valence-corrected chi connectivity index (χ3v) is 3.87. The van der Waals surface area contributed by atoms with Crippen molar-refractivity contribution in [3.63, 3.8) is 0 Å². The highest BCUT2D eigenvalue weighted by Gasteiger charge is 2.17. The molecule has 106 valence electrons. The van der Waals surface area contributed by atoms with Gasteiger partial charge in [-0.25, -0.2) is 14.8 Å². The summed E-state index contributed by atoms with van der Waals surface area (Å²) >= 11 is 1.33. The zero-order valence-electron chi connectivity index (χ0n) is 11.2. The van der Waals surface area contributed by atoms with E-state index < -0.39 is 0 Å². The van der Waals surface area contributed by atoms with E-state index in [0.29, 0.717) is 10.7 Å². The molecule has 0 saturated carbocycles. The maximum atomic E-state index is 11.8. The number of esters is 1. The Morgan fingerprint density at radius 2 is 2.29 bits per heavy atom. The molecule has 7 heteroatoms. The first-order valence-corrected chi connectivity index (χ1v) is 6.99. The Morgan fingerprint density at radius 1 is 1.43 bits per heavy atom. The maximum Gasteiger partial charge on any atom is 0.350 e. The maximum absolute atomic E-state index is 11.8. The number of rotatable bonds is 3. The number of ether oxygens (including phenoxy) is 1. The van der Waals surface area contributed by atoms with Crippen LogP contribution < -0.4 is 5.73 Å². The van der Waals surface area contributed by atoms with Crippen LogP contribution in [0.25, 0.3) is 16.9 Å². The molecule has 3 rings (SSSR count). The summed E-state index contributed by atoms with van der Waals surface area (Å²) in [5, 5.41) is 1.84. The summed E-state index contributed by atoms with van der Waals surface area (Å²) in [6, 6.07) is 5.46. The predicted molar refractivity (Wildman–Crippen MR) is 80.4 cm³/mol. The molecule has 0 fully saturated rings. The van der Waals surface area contributed by atoms with Crippen LogP contribution in [0.3, 0.4) is 0 Å². The van der Waals surface area contributed by atoms with Gasteiger partial charge >= 0.3 is 5.97 Å². The summed E-state index contributed by atoms with van der Waals surface area (Å²) in [5.74, 6) is 0.0626. The molecule has 3 heterocycles. The van der Waals surface area contributed by atoms with E-state index in [-0.39, 0.29) is 5.97 Å². The van der Waals surface area contributed by atoms with Gasteiger partial charge in [-0.3, -0.25) is 4.57 Å². The minimum atomic E-state index is -0.367. The fourth-order valence-electron chi connectivity index (χ4n) is 2.05. The lowest BCUT2D eigenvalue weighted by molar-refractivity contribution is 0.0606. The fraction of sp³-hybridized carbons (Fsp3) is 0.0714. The van der Waals surface area contributed by atoms with E-state index in [0.717, 1.165) is 16.9 Å². The molecule has 0 amide bonds. The van der Waals surface area contributed by atoms with Crippen LogP contribution in [0, 0.1) is 0 Å². The van der Waals surface area contributed by atoms with Crippen molar-refractivity contribution in [3.05, 3.63) is 47.2 Å². The zero-order chi connectivity index (χ0) is 14.8. The molecule has 6 nitrogen and oxygen atoms in total. The molecular weight excluding hydrogens is 288 g/mol. The number of nitrogens with zero attached hydrogens (tertiary/aromatic N) is 3. The predicted octanol–water partition coefficient (Wildman–Crippen LogP) is 2.36. The Bertz CT molecular complexity index is 794. The molecule has 0 spiro atoms. The van der Waals surface area contributed by atoms with Crippen LogP contribution >= 0.6 is 11.3 Å². The average molecular weight is 300 g/mol. The van der Waals surface area contributed by atoms with E-state index >= 15 is 0 Å². The van der Waals surface area contributed by atoms with Crippen LogP contribution in [0.15, 0.2) is 42.3 Å². The van der Waals surface area contributed by atoms with Crippen LogP contribution in [0.1, 0.15) is 9.67 Å². The quantitative estimate of drug-likeness (QED) is 0.751. The van der Waals surface area contributed by atoms with Crippen LogP contribution in [-0.2, 0) is 4.74 Å². The number of thiophene rings is 1. The molecule has 0 bridgehead atoms. The van der Waals surface area contributed by atoms with Gasteiger partial charge in [0.05, 0.1) is 31.0 Å².